The van der Waals surface area contributed by atoms with Gasteiger partial charge in [-0.15, -0.1) is 0 Å². The van der Waals surface area contributed by atoms with Crippen LogP contribution in [0, 0.1) is 13.8 Å². The van der Waals surface area contributed by atoms with Crippen molar-refractivity contribution in [2.24, 2.45) is 5.10 Å². The van der Waals surface area contributed by atoms with Gasteiger partial charge in [-0.3, -0.25) is 0 Å². The van der Waals surface area contributed by atoms with Gasteiger partial charge in [0, 0.05) is 33.4 Å². The molecule has 0 spiro atoms. The first-order chi connectivity index (χ1) is 14.0. The van der Waals surface area contributed by atoms with Crippen molar-refractivity contribution < 1.29 is 4.42 Å². The number of halogens is 1. The lowest BCUT2D eigenvalue weighted by atomic mass is 10.1. The molecule has 0 aliphatic carbocycles. The monoisotopic (exact) mass is 404 g/mol. The Morgan fingerprint density at radius 2 is 1.69 bits per heavy atom. The topological polar surface area (TPSA) is 63.3 Å². The molecule has 0 unspecified atom stereocenters. The molecule has 2 aromatic carbocycles. The first-order valence-corrected chi connectivity index (χ1v) is 9.84. The summed E-state index contributed by atoms with van der Waals surface area (Å²) in [5.41, 5.74) is 7.68. The molecule has 0 aliphatic rings. The van der Waals surface area contributed by atoms with E-state index in [-0.39, 0.29) is 0 Å². The van der Waals surface area contributed by atoms with Gasteiger partial charge in [-0.2, -0.15) is 5.10 Å². The Labute approximate surface area is 174 Å². The van der Waals surface area contributed by atoms with E-state index in [2.05, 4.69) is 39.6 Å². The van der Waals surface area contributed by atoms with Gasteiger partial charge in [0.05, 0.1) is 5.36 Å². The highest BCUT2D eigenvalue weighted by Crippen LogP contribution is 2.24. The zero-order valence-corrected chi connectivity index (χ0v) is 17.3. The fourth-order valence-electron chi connectivity index (χ4n) is 3.17. The van der Waals surface area contributed by atoms with E-state index in [1.165, 1.54) is 5.56 Å². The van der Waals surface area contributed by atoms with Crippen molar-refractivity contribution in [2.75, 3.05) is 5.43 Å². The summed E-state index contributed by atoms with van der Waals surface area (Å²) in [6.07, 6.45) is 0.932. The van der Waals surface area contributed by atoms with Crippen molar-refractivity contribution in [1.29, 1.82) is 0 Å². The van der Waals surface area contributed by atoms with Crippen LogP contribution in [0.4, 0.5) is 5.95 Å². The van der Waals surface area contributed by atoms with Gasteiger partial charge in [-0.25, -0.2) is 15.4 Å². The van der Waals surface area contributed by atoms with Crippen molar-refractivity contribution in [2.45, 2.75) is 27.2 Å². The SMILES string of the molecule is CCc1ccc2oc(-c3ccc(Cl)cc3)c/c(=N/Nc3nc(C)cc(C)n3)c2c1. The maximum atomic E-state index is 6.16. The van der Waals surface area contributed by atoms with E-state index in [1.807, 2.05) is 56.3 Å². The van der Waals surface area contributed by atoms with E-state index >= 15 is 0 Å². The van der Waals surface area contributed by atoms with Crippen molar-refractivity contribution in [1.82, 2.24) is 9.97 Å². The summed E-state index contributed by atoms with van der Waals surface area (Å²) in [6, 6.07) is 17.5. The van der Waals surface area contributed by atoms with Crippen LogP contribution in [-0.4, -0.2) is 9.97 Å². The molecule has 0 aliphatic heterocycles. The quantitative estimate of drug-likeness (QED) is 0.446. The summed E-state index contributed by atoms with van der Waals surface area (Å²) in [5, 5.41) is 6.97. The average Bonchev–Trinajstić information content (AvgIpc) is 2.71. The molecule has 0 saturated carbocycles. The minimum Gasteiger partial charge on any atom is -0.456 e. The van der Waals surface area contributed by atoms with Gasteiger partial charge in [0.2, 0.25) is 5.95 Å². The van der Waals surface area contributed by atoms with E-state index < -0.39 is 0 Å². The Morgan fingerprint density at radius 1 is 0.966 bits per heavy atom. The first-order valence-electron chi connectivity index (χ1n) is 9.46. The zero-order valence-electron chi connectivity index (χ0n) is 16.5. The standard InChI is InChI=1S/C23H21ClN4O/c1-4-16-5-10-21-19(12-16)20(27-28-23-25-14(2)11-15(3)26-23)13-22(29-21)17-6-8-18(24)9-7-17/h5-13H,4H2,1-3H3,(H,25,26,28)/b27-20-. The number of aromatic nitrogens is 2. The molecule has 4 rings (SSSR count). The van der Waals surface area contributed by atoms with Gasteiger partial charge in [0.25, 0.3) is 0 Å². The molecule has 2 aromatic heterocycles. The fraction of sp³-hybridized carbons (Fsp3) is 0.174. The van der Waals surface area contributed by atoms with Crippen LogP contribution in [-0.2, 0) is 6.42 Å². The van der Waals surface area contributed by atoms with Gasteiger partial charge in [0.1, 0.15) is 11.3 Å². The Bertz CT molecular complexity index is 1230. The first kappa shape index (κ1) is 19.2. The van der Waals surface area contributed by atoms with Gasteiger partial charge in [0.15, 0.2) is 0 Å². The van der Waals surface area contributed by atoms with Crippen molar-refractivity contribution >= 4 is 28.5 Å². The smallest absolute Gasteiger partial charge is 0.243 e. The summed E-state index contributed by atoms with van der Waals surface area (Å²) in [5.74, 6) is 1.18. The van der Waals surface area contributed by atoms with Crippen LogP contribution < -0.4 is 10.8 Å². The molecule has 0 atom stereocenters. The number of benzene rings is 2. The van der Waals surface area contributed by atoms with E-state index in [0.717, 1.165) is 39.7 Å². The number of anilines is 1. The number of fused-ring (bicyclic) bond motifs is 1. The van der Waals surface area contributed by atoms with Gasteiger partial charge >= 0.3 is 0 Å². The molecule has 0 amide bonds. The molecule has 0 radical (unpaired) electrons. The number of hydrogen-bond acceptors (Lipinski definition) is 5. The normalized spacial score (nSPS) is 11.8. The maximum Gasteiger partial charge on any atom is 0.243 e. The molecule has 29 heavy (non-hydrogen) atoms. The second kappa shape index (κ2) is 8.05. The lowest BCUT2D eigenvalue weighted by Gasteiger charge is -2.07. The molecule has 5 nitrogen and oxygen atoms in total. The summed E-state index contributed by atoms with van der Waals surface area (Å²) >= 11 is 6.03. The van der Waals surface area contributed by atoms with E-state index in [4.69, 9.17) is 16.0 Å². The van der Waals surface area contributed by atoms with Crippen LogP contribution in [0.15, 0.2) is 64.1 Å². The number of hydrogen-bond donors (Lipinski definition) is 1. The number of nitrogens with one attached hydrogen (secondary N) is 1. The van der Waals surface area contributed by atoms with Crippen molar-refractivity contribution in [3.05, 3.63) is 81.9 Å². The third kappa shape index (κ3) is 4.30. The molecule has 4 aromatic rings. The second-order valence-corrected chi connectivity index (χ2v) is 7.32. The minimum absolute atomic E-state index is 0.469. The molecule has 6 heteroatoms. The van der Waals surface area contributed by atoms with Crippen LogP contribution in [0.2, 0.25) is 5.02 Å². The van der Waals surface area contributed by atoms with Gasteiger partial charge in [-0.05, 0) is 68.3 Å². The Balaban J connectivity index is 1.87. The molecule has 0 fully saturated rings. The van der Waals surface area contributed by atoms with E-state index in [0.29, 0.717) is 16.7 Å². The van der Waals surface area contributed by atoms with Crippen molar-refractivity contribution in [3.8, 4) is 11.3 Å². The number of nitrogens with zero attached hydrogens (tertiary/aromatic N) is 3. The average molecular weight is 405 g/mol. The third-order valence-corrected chi connectivity index (χ3v) is 4.86. The molecular formula is C23H21ClN4O. The number of rotatable bonds is 4. The largest absolute Gasteiger partial charge is 0.456 e. The fourth-order valence-corrected chi connectivity index (χ4v) is 3.30. The maximum absolute atomic E-state index is 6.16. The molecule has 1 N–H and O–H groups in total. The summed E-state index contributed by atoms with van der Waals surface area (Å²) in [7, 11) is 0. The van der Waals surface area contributed by atoms with E-state index in [1.54, 1.807) is 0 Å². The molecule has 0 bridgehead atoms. The predicted octanol–water partition coefficient (Wildman–Crippen LogP) is 5.65. The van der Waals surface area contributed by atoms with Crippen LogP contribution in [0.3, 0.4) is 0 Å². The molecule has 146 valence electrons. The molecule has 2 heterocycles. The Kier molecular flexibility index (Phi) is 5.32. The predicted molar refractivity (Wildman–Crippen MR) is 117 cm³/mol. The third-order valence-electron chi connectivity index (χ3n) is 4.60. The van der Waals surface area contributed by atoms with Crippen LogP contribution in [0.1, 0.15) is 23.9 Å². The van der Waals surface area contributed by atoms with E-state index in [9.17, 15) is 0 Å². The second-order valence-electron chi connectivity index (χ2n) is 6.88. The highest BCUT2D eigenvalue weighted by Gasteiger charge is 2.08. The van der Waals surface area contributed by atoms with Crippen LogP contribution in [0.5, 0.6) is 0 Å². The number of aryl methyl sites for hydroxylation is 3. The Morgan fingerprint density at radius 3 is 2.38 bits per heavy atom. The Hall–Kier alpha value is -3.18. The minimum atomic E-state index is 0.469. The van der Waals surface area contributed by atoms with Gasteiger partial charge in [-0.1, -0.05) is 24.6 Å². The highest BCUT2D eigenvalue weighted by atomic mass is 35.5. The highest BCUT2D eigenvalue weighted by molar-refractivity contribution is 6.30. The van der Waals surface area contributed by atoms with Crippen LogP contribution >= 0.6 is 11.6 Å². The summed E-state index contributed by atoms with van der Waals surface area (Å²) in [4.78, 5) is 8.80. The van der Waals surface area contributed by atoms with Gasteiger partial charge < -0.3 is 4.42 Å². The summed E-state index contributed by atoms with van der Waals surface area (Å²) in [6.45, 7) is 5.99. The lowest BCUT2D eigenvalue weighted by Crippen LogP contribution is -2.09. The lowest BCUT2D eigenvalue weighted by molar-refractivity contribution is 0.618. The summed E-state index contributed by atoms with van der Waals surface area (Å²) < 4.78 is 6.16. The van der Waals surface area contributed by atoms with Crippen molar-refractivity contribution in [3.63, 3.8) is 0 Å². The molecular weight excluding hydrogens is 384 g/mol. The zero-order chi connectivity index (χ0) is 20.4. The van der Waals surface area contributed by atoms with Crippen LogP contribution in [0.25, 0.3) is 22.3 Å². The molecule has 0 saturated heterocycles.